The largest absolute Gasteiger partial charge is 0.385 e. The van der Waals surface area contributed by atoms with E-state index in [4.69, 9.17) is 17.0 Å². The number of H-pyrrole nitrogens is 1. The van der Waals surface area contributed by atoms with Gasteiger partial charge in [-0.3, -0.25) is 0 Å². The molecule has 1 fully saturated rings. The van der Waals surface area contributed by atoms with Gasteiger partial charge in [0.25, 0.3) is 0 Å². The minimum absolute atomic E-state index is 0.667. The minimum atomic E-state index is 0.667. The highest BCUT2D eigenvalue weighted by atomic mass is 32.1. The fourth-order valence-corrected chi connectivity index (χ4v) is 2.73. The summed E-state index contributed by atoms with van der Waals surface area (Å²) in [7, 11) is 1.73. The Morgan fingerprint density at radius 3 is 2.94 bits per heavy atom. The Morgan fingerprint density at radius 2 is 2.24 bits per heavy atom. The van der Waals surface area contributed by atoms with Gasteiger partial charge < -0.3 is 9.72 Å². The molecule has 2 rings (SSSR count). The first kappa shape index (κ1) is 12.7. The van der Waals surface area contributed by atoms with Crippen molar-refractivity contribution in [3.63, 3.8) is 0 Å². The van der Waals surface area contributed by atoms with Crippen molar-refractivity contribution in [3.05, 3.63) is 22.2 Å². The number of nitrogens with one attached hydrogen (secondary N) is 1. The van der Waals surface area contributed by atoms with Crippen LogP contribution < -0.4 is 0 Å². The summed E-state index contributed by atoms with van der Waals surface area (Å²) in [6, 6.07) is 2.03. The van der Waals surface area contributed by atoms with Crippen molar-refractivity contribution >= 4 is 12.2 Å². The lowest BCUT2D eigenvalue weighted by Gasteiger charge is -2.11. The Labute approximate surface area is 108 Å². The molecule has 0 atom stereocenters. The zero-order valence-corrected chi connectivity index (χ0v) is 11.2. The fraction of sp³-hybridized carbons (Fsp3) is 0.692. The third kappa shape index (κ3) is 3.61. The van der Waals surface area contributed by atoms with Crippen LogP contribution in [0.5, 0.6) is 0 Å². The summed E-state index contributed by atoms with van der Waals surface area (Å²) in [5, 5.41) is 0. The Kier molecular flexibility index (Phi) is 4.68. The van der Waals surface area contributed by atoms with E-state index in [2.05, 4.69) is 9.97 Å². The van der Waals surface area contributed by atoms with Gasteiger partial charge in [-0.25, -0.2) is 4.98 Å². The van der Waals surface area contributed by atoms with Gasteiger partial charge in [0.1, 0.15) is 10.5 Å². The quantitative estimate of drug-likeness (QED) is 0.645. The lowest BCUT2D eigenvalue weighted by molar-refractivity contribution is 0.194. The van der Waals surface area contributed by atoms with Crippen LogP contribution in [-0.4, -0.2) is 23.7 Å². The van der Waals surface area contributed by atoms with Gasteiger partial charge in [-0.1, -0.05) is 25.1 Å². The Morgan fingerprint density at radius 1 is 1.47 bits per heavy atom. The molecule has 0 radical (unpaired) electrons. The van der Waals surface area contributed by atoms with E-state index in [-0.39, 0.29) is 0 Å². The first-order valence-electron chi connectivity index (χ1n) is 6.38. The molecule has 3 nitrogen and oxygen atoms in total. The summed E-state index contributed by atoms with van der Waals surface area (Å²) in [5.74, 6) is 1.68. The van der Waals surface area contributed by atoms with Crippen molar-refractivity contribution in [2.24, 2.45) is 0 Å². The minimum Gasteiger partial charge on any atom is -0.385 e. The van der Waals surface area contributed by atoms with Gasteiger partial charge in [0.05, 0.1) is 0 Å². The van der Waals surface area contributed by atoms with E-state index in [1.807, 2.05) is 6.07 Å². The highest BCUT2D eigenvalue weighted by molar-refractivity contribution is 7.71. The molecule has 1 heterocycles. The number of ether oxygens (including phenoxy) is 1. The van der Waals surface area contributed by atoms with E-state index < -0.39 is 0 Å². The molecule has 0 amide bonds. The van der Waals surface area contributed by atoms with Crippen LogP contribution in [0.3, 0.4) is 0 Å². The van der Waals surface area contributed by atoms with Gasteiger partial charge in [-0.05, 0) is 31.2 Å². The number of hydrogen-bond acceptors (Lipinski definition) is 3. The first-order valence-corrected chi connectivity index (χ1v) is 6.79. The predicted molar refractivity (Wildman–Crippen MR) is 70.8 cm³/mol. The monoisotopic (exact) mass is 252 g/mol. The van der Waals surface area contributed by atoms with E-state index >= 15 is 0 Å². The lowest BCUT2D eigenvalue weighted by Crippen LogP contribution is -2.04. The number of methoxy groups -OCH3 is 1. The maximum Gasteiger partial charge on any atom is 0.129 e. The van der Waals surface area contributed by atoms with Crippen LogP contribution in [0.2, 0.25) is 0 Å². The molecule has 0 bridgehead atoms. The molecule has 94 valence electrons. The van der Waals surface area contributed by atoms with Gasteiger partial charge in [0, 0.05) is 25.8 Å². The van der Waals surface area contributed by atoms with Gasteiger partial charge in [0.15, 0.2) is 0 Å². The van der Waals surface area contributed by atoms with Crippen LogP contribution in [0.1, 0.15) is 49.5 Å². The van der Waals surface area contributed by atoms with Crippen LogP contribution in [-0.2, 0) is 11.2 Å². The number of aryl methyl sites for hydroxylation is 1. The fourth-order valence-electron chi connectivity index (χ4n) is 2.49. The highest BCUT2D eigenvalue weighted by Gasteiger charge is 2.18. The van der Waals surface area contributed by atoms with E-state index in [1.165, 1.54) is 31.4 Å². The number of hydrogen-bond donors (Lipinski definition) is 1. The van der Waals surface area contributed by atoms with Crippen molar-refractivity contribution in [1.29, 1.82) is 0 Å². The van der Waals surface area contributed by atoms with Gasteiger partial charge >= 0.3 is 0 Å². The van der Waals surface area contributed by atoms with E-state index in [0.29, 0.717) is 5.92 Å². The number of aromatic amines is 1. The van der Waals surface area contributed by atoms with Crippen LogP contribution in [0.25, 0.3) is 0 Å². The molecule has 17 heavy (non-hydrogen) atoms. The lowest BCUT2D eigenvalue weighted by atomic mass is 10.0. The second kappa shape index (κ2) is 6.26. The molecular weight excluding hydrogens is 232 g/mol. The topological polar surface area (TPSA) is 37.9 Å². The summed E-state index contributed by atoms with van der Waals surface area (Å²) < 4.78 is 5.78. The zero-order chi connectivity index (χ0) is 12.1. The van der Waals surface area contributed by atoms with Crippen LogP contribution in [0.4, 0.5) is 0 Å². The Bertz CT molecular complexity index is 410. The summed E-state index contributed by atoms with van der Waals surface area (Å²) in [6.45, 7) is 0.774. The van der Waals surface area contributed by atoms with E-state index in [0.717, 1.165) is 29.9 Å². The van der Waals surface area contributed by atoms with Crippen molar-refractivity contribution < 1.29 is 4.74 Å². The number of rotatable bonds is 5. The normalized spacial score (nSPS) is 16.5. The van der Waals surface area contributed by atoms with Gasteiger partial charge in [-0.2, -0.15) is 0 Å². The second-order valence-electron chi connectivity index (χ2n) is 4.70. The van der Waals surface area contributed by atoms with Gasteiger partial charge in [0.2, 0.25) is 0 Å². The van der Waals surface area contributed by atoms with Crippen molar-refractivity contribution in [2.75, 3.05) is 13.7 Å². The third-order valence-electron chi connectivity index (χ3n) is 3.37. The standard InChI is InChI=1S/C13H20N2OS/c1-16-8-4-7-12-14-11(9-13(17)15-12)10-5-2-3-6-10/h9-10H,2-8H2,1H3,(H,14,15,17). The van der Waals surface area contributed by atoms with E-state index in [9.17, 15) is 0 Å². The van der Waals surface area contributed by atoms with Crippen molar-refractivity contribution in [1.82, 2.24) is 9.97 Å². The van der Waals surface area contributed by atoms with Gasteiger partial charge in [-0.15, -0.1) is 0 Å². The molecule has 1 aliphatic rings. The average Bonchev–Trinajstić information content (AvgIpc) is 2.82. The van der Waals surface area contributed by atoms with E-state index in [1.54, 1.807) is 7.11 Å². The molecule has 0 aliphatic heterocycles. The molecule has 1 aromatic rings. The maximum atomic E-state index is 5.24. The molecule has 1 saturated carbocycles. The molecule has 1 N–H and O–H groups in total. The van der Waals surface area contributed by atoms with Crippen LogP contribution in [0, 0.1) is 4.64 Å². The number of nitrogens with zero attached hydrogens (tertiary/aromatic N) is 1. The summed E-state index contributed by atoms with van der Waals surface area (Å²) in [4.78, 5) is 7.83. The molecule has 0 saturated heterocycles. The smallest absolute Gasteiger partial charge is 0.129 e. The Balaban J connectivity index is 2.08. The summed E-state index contributed by atoms with van der Waals surface area (Å²) in [6.07, 6.45) is 7.15. The first-order chi connectivity index (χ1) is 8.29. The van der Waals surface area contributed by atoms with Crippen LogP contribution >= 0.6 is 12.2 Å². The van der Waals surface area contributed by atoms with Crippen molar-refractivity contribution in [3.8, 4) is 0 Å². The SMILES string of the molecule is COCCCc1nc(=S)cc(C2CCCC2)[nH]1. The Hall–Kier alpha value is -0.740. The molecular formula is C13H20N2OS. The molecule has 0 unspecified atom stereocenters. The molecule has 0 aromatic carbocycles. The van der Waals surface area contributed by atoms with Crippen LogP contribution in [0.15, 0.2) is 6.07 Å². The second-order valence-corrected chi connectivity index (χ2v) is 5.12. The summed E-state index contributed by atoms with van der Waals surface area (Å²) in [5.41, 5.74) is 1.29. The summed E-state index contributed by atoms with van der Waals surface area (Å²) >= 11 is 5.24. The average molecular weight is 252 g/mol. The maximum absolute atomic E-state index is 5.24. The third-order valence-corrected chi connectivity index (χ3v) is 3.58. The zero-order valence-electron chi connectivity index (χ0n) is 10.4. The van der Waals surface area contributed by atoms with Crippen molar-refractivity contribution in [2.45, 2.75) is 44.4 Å². The number of aromatic nitrogens is 2. The molecule has 4 heteroatoms. The molecule has 1 aliphatic carbocycles. The predicted octanol–water partition coefficient (Wildman–Crippen LogP) is 3.38. The molecule has 0 spiro atoms. The molecule has 1 aromatic heterocycles. The highest BCUT2D eigenvalue weighted by Crippen LogP contribution is 2.32.